The van der Waals surface area contributed by atoms with Crippen LogP contribution in [0.15, 0.2) is 41.5 Å². The predicted octanol–water partition coefficient (Wildman–Crippen LogP) is 3.20. The molecular formula is C22H25F2N3O3S. The van der Waals surface area contributed by atoms with Crippen LogP contribution in [-0.2, 0) is 21.8 Å². The van der Waals surface area contributed by atoms with Crippen molar-refractivity contribution in [3.63, 3.8) is 0 Å². The van der Waals surface area contributed by atoms with E-state index in [9.17, 15) is 22.0 Å². The summed E-state index contributed by atoms with van der Waals surface area (Å²) in [6.07, 6.45) is 0.831. The highest BCUT2D eigenvalue weighted by atomic mass is 32.2. The number of ketones is 1. The van der Waals surface area contributed by atoms with E-state index >= 15 is 0 Å². The van der Waals surface area contributed by atoms with E-state index < -0.39 is 37.5 Å². The van der Waals surface area contributed by atoms with Crippen molar-refractivity contribution < 1.29 is 22.0 Å². The lowest BCUT2D eigenvalue weighted by Gasteiger charge is -2.42. The molecule has 1 aromatic carbocycles. The fourth-order valence-corrected chi connectivity index (χ4v) is 6.14. The van der Waals surface area contributed by atoms with Crippen molar-refractivity contribution in [3.8, 4) is 0 Å². The van der Waals surface area contributed by atoms with Crippen molar-refractivity contribution in [1.29, 1.82) is 0 Å². The van der Waals surface area contributed by atoms with Gasteiger partial charge in [-0.2, -0.15) is 0 Å². The van der Waals surface area contributed by atoms with Gasteiger partial charge in [-0.1, -0.05) is 19.9 Å². The van der Waals surface area contributed by atoms with Crippen LogP contribution in [0, 0.1) is 17.6 Å². The monoisotopic (exact) mass is 449 g/mol. The first-order valence-corrected chi connectivity index (χ1v) is 11.5. The molecule has 166 valence electrons. The molecule has 2 heterocycles. The second-order valence-electron chi connectivity index (χ2n) is 8.57. The van der Waals surface area contributed by atoms with E-state index in [1.165, 1.54) is 38.1 Å². The molecule has 1 aliphatic rings. The number of amidine groups is 1. The van der Waals surface area contributed by atoms with E-state index in [1.54, 1.807) is 13.8 Å². The lowest BCUT2D eigenvalue weighted by atomic mass is 9.89. The number of hydrogen-bond acceptors (Lipinski definition) is 6. The smallest absolute Gasteiger partial charge is 0.185 e. The number of benzene rings is 1. The minimum absolute atomic E-state index is 0.0437. The Morgan fingerprint density at radius 1 is 1.19 bits per heavy atom. The number of aliphatic imine (C=N–C) groups is 1. The van der Waals surface area contributed by atoms with Crippen LogP contribution in [-0.4, -0.2) is 35.5 Å². The van der Waals surface area contributed by atoms with Crippen LogP contribution in [0.5, 0.6) is 0 Å². The number of rotatable bonds is 5. The molecule has 0 fully saturated rings. The van der Waals surface area contributed by atoms with Gasteiger partial charge in [-0.05, 0) is 49.6 Å². The summed E-state index contributed by atoms with van der Waals surface area (Å²) in [5.74, 6) is -2.37. The van der Waals surface area contributed by atoms with Crippen LogP contribution < -0.4 is 5.73 Å². The predicted molar refractivity (Wildman–Crippen MR) is 115 cm³/mol. The van der Waals surface area contributed by atoms with Crippen molar-refractivity contribution in [2.24, 2.45) is 16.6 Å². The molecule has 6 nitrogen and oxygen atoms in total. The molecule has 0 saturated heterocycles. The number of carbonyl (C=O) groups excluding carboxylic acids is 1. The number of pyridine rings is 1. The van der Waals surface area contributed by atoms with Crippen LogP contribution in [0.25, 0.3) is 0 Å². The second-order valence-corrected chi connectivity index (χ2v) is 10.9. The van der Waals surface area contributed by atoms with Gasteiger partial charge in [0, 0.05) is 12.0 Å². The lowest BCUT2D eigenvalue weighted by Crippen LogP contribution is -2.59. The Morgan fingerprint density at radius 2 is 1.87 bits per heavy atom. The number of halogens is 2. The topological polar surface area (TPSA) is 102 Å². The van der Waals surface area contributed by atoms with Gasteiger partial charge >= 0.3 is 0 Å². The molecule has 0 unspecified atom stereocenters. The third-order valence-corrected chi connectivity index (χ3v) is 9.00. The summed E-state index contributed by atoms with van der Waals surface area (Å²) < 4.78 is 52.8. The Kier molecular flexibility index (Phi) is 5.77. The van der Waals surface area contributed by atoms with Crippen LogP contribution in [0.4, 0.5) is 8.78 Å². The summed E-state index contributed by atoms with van der Waals surface area (Å²) in [5, 5.41) is 0. The Labute approximate surface area is 180 Å². The van der Waals surface area contributed by atoms with Gasteiger partial charge in [0.15, 0.2) is 15.6 Å². The number of Topliss-reactive ketones (excluding diaryl/α,β-unsaturated/α-hetero) is 1. The van der Waals surface area contributed by atoms with Gasteiger partial charge in [0.25, 0.3) is 0 Å². The Bertz CT molecular complexity index is 1160. The zero-order valence-electron chi connectivity index (χ0n) is 17.8. The maximum Gasteiger partial charge on any atom is 0.185 e. The minimum Gasteiger partial charge on any atom is -0.386 e. The molecule has 2 atom stereocenters. The zero-order chi connectivity index (χ0) is 23.2. The van der Waals surface area contributed by atoms with Gasteiger partial charge < -0.3 is 5.73 Å². The van der Waals surface area contributed by atoms with E-state index in [2.05, 4.69) is 9.98 Å². The normalized spacial score (nSPS) is 25.3. The van der Waals surface area contributed by atoms with Gasteiger partial charge in [0.1, 0.15) is 33.4 Å². The minimum atomic E-state index is -3.76. The van der Waals surface area contributed by atoms with Crippen molar-refractivity contribution in [2.75, 3.05) is 5.75 Å². The van der Waals surface area contributed by atoms with Gasteiger partial charge in [-0.3, -0.25) is 14.8 Å². The largest absolute Gasteiger partial charge is 0.386 e. The molecule has 1 aromatic heterocycles. The molecule has 0 radical (unpaired) electrons. The number of sulfone groups is 1. The van der Waals surface area contributed by atoms with Gasteiger partial charge in [-0.15, -0.1) is 0 Å². The van der Waals surface area contributed by atoms with Crippen LogP contribution >= 0.6 is 0 Å². The molecule has 0 spiro atoms. The van der Waals surface area contributed by atoms with Crippen molar-refractivity contribution >= 4 is 21.5 Å². The van der Waals surface area contributed by atoms with Crippen LogP contribution in [0.3, 0.4) is 0 Å². The van der Waals surface area contributed by atoms with Crippen molar-refractivity contribution in [3.05, 3.63) is 65.0 Å². The maximum absolute atomic E-state index is 14.8. The van der Waals surface area contributed by atoms with E-state index in [1.807, 2.05) is 0 Å². The molecule has 2 aromatic rings. The standard InChI is InChI=1S/C22H25F2N3O3S/c1-13(2)22(4)20(25)27-21(3,12-31(22,29)30)16-9-14(5-7-17(16)24)10-19(28)18-8-6-15(23)11-26-18/h5-9,11,13H,10,12H2,1-4H3,(H2,25,27)/t21-,22+/m0/s1. The average Bonchev–Trinajstić information content (AvgIpc) is 2.67. The Hall–Kier alpha value is -2.68. The highest BCUT2D eigenvalue weighted by molar-refractivity contribution is 7.93. The number of hydrogen-bond donors (Lipinski definition) is 1. The maximum atomic E-state index is 14.8. The van der Waals surface area contributed by atoms with E-state index in [0.717, 1.165) is 12.3 Å². The van der Waals surface area contributed by atoms with E-state index in [4.69, 9.17) is 5.73 Å². The molecule has 9 heteroatoms. The highest BCUT2D eigenvalue weighted by Crippen LogP contribution is 2.41. The fraction of sp³-hybridized carbons (Fsp3) is 0.409. The molecule has 0 amide bonds. The number of carbonyl (C=O) groups is 1. The SMILES string of the molecule is CC(C)[C@]1(C)C(N)=N[C@](C)(c2cc(CC(=O)c3ccc(F)cn3)ccc2F)CS1(=O)=O. The quantitative estimate of drug-likeness (QED) is 0.706. The average molecular weight is 450 g/mol. The summed E-state index contributed by atoms with van der Waals surface area (Å²) in [6.45, 7) is 6.55. The van der Waals surface area contributed by atoms with Crippen LogP contribution in [0.2, 0.25) is 0 Å². The lowest BCUT2D eigenvalue weighted by molar-refractivity contribution is 0.0988. The van der Waals surface area contributed by atoms with Gasteiger partial charge in [0.2, 0.25) is 0 Å². The molecule has 0 aliphatic carbocycles. The first kappa shape index (κ1) is 23.0. The number of nitrogens with zero attached hydrogens (tertiary/aromatic N) is 2. The molecule has 2 N–H and O–H groups in total. The molecular weight excluding hydrogens is 424 g/mol. The first-order chi connectivity index (χ1) is 14.3. The summed E-state index contributed by atoms with van der Waals surface area (Å²) in [5.41, 5.74) is 5.26. The molecule has 31 heavy (non-hydrogen) atoms. The second kappa shape index (κ2) is 7.78. The number of nitrogens with two attached hydrogens (primary N) is 1. The van der Waals surface area contributed by atoms with Gasteiger partial charge in [0.05, 0.1) is 11.9 Å². The Balaban J connectivity index is 2.01. The van der Waals surface area contributed by atoms with Crippen molar-refractivity contribution in [2.45, 2.75) is 44.4 Å². The molecule has 0 bridgehead atoms. The van der Waals surface area contributed by atoms with E-state index in [-0.39, 0.29) is 35.2 Å². The highest BCUT2D eigenvalue weighted by Gasteiger charge is 2.53. The summed E-state index contributed by atoms with van der Waals surface area (Å²) in [6, 6.07) is 6.45. The molecule has 1 aliphatic heterocycles. The summed E-state index contributed by atoms with van der Waals surface area (Å²) >= 11 is 0. The Morgan fingerprint density at radius 3 is 2.42 bits per heavy atom. The summed E-state index contributed by atoms with van der Waals surface area (Å²) in [4.78, 5) is 20.7. The third-order valence-electron chi connectivity index (χ3n) is 6.08. The van der Waals surface area contributed by atoms with Crippen LogP contribution in [0.1, 0.15) is 49.3 Å². The van der Waals surface area contributed by atoms with Crippen molar-refractivity contribution in [1.82, 2.24) is 4.98 Å². The third kappa shape index (κ3) is 3.98. The zero-order valence-corrected chi connectivity index (χ0v) is 18.6. The van der Waals surface area contributed by atoms with Gasteiger partial charge in [-0.25, -0.2) is 17.2 Å². The fourth-order valence-electron chi connectivity index (χ4n) is 3.79. The molecule has 0 saturated carbocycles. The molecule has 3 rings (SSSR count). The first-order valence-electron chi connectivity index (χ1n) is 9.82. The summed E-state index contributed by atoms with van der Waals surface area (Å²) in [7, 11) is -3.76. The van der Waals surface area contributed by atoms with E-state index in [0.29, 0.717) is 5.56 Å². The number of aromatic nitrogens is 1.